The molecule has 3 aromatic rings. The summed E-state index contributed by atoms with van der Waals surface area (Å²) in [7, 11) is 0. The van der Waals surface area contributed by atoms with Crippen LogP contribution in [0.1, 0.15) is 15.9 Å². The summed E-state index contributed by atoms with van der Waals surface area (Å²) in [5, 5.41) is 6.36. The van der Waals surface area contributed by atoms with Crippen molar-refractivity contribution in [2.75, 3.05) is 5.88 Å². The van der Waals surface area contributed by atoms with Gasteiger partial charge in [0.25, 0.3) is 0 Å². The minimum atomic E-state index is -0.0177. The zero-order valence-corrected chi connectivity index (χ0v) is 12.7. The average Bonchev–Trinajstić information content (AvgIpc) is 3.00. The van der Waals surface area contributed by atoms with E-state index in [1.807, 2.05) is 48.7 Å². The number of ketones is 1. The summed E-state index contributed by atoms with van der Waals surface area (Å²) >= 11 is 5.67. The van der Waals surface area contributed by atoms with Gasteiger partial charge in [-0.1, -0.05) is 36.4 Å². The number of allylic oxidation sites excluding steroid dienone is 1. The zero-order chi connectivity index (χ0) is 15.4. The standard InChI is InChI=1S/C18H15ClN2O/c19-9-10-21-13-14(12-20-21)5-8-18(22)17-7-6-15-3-1-2-4-16(15)11-17/h1-8,11-13H,9-10H2/b8-5+. The normalized spacial score (nSPS) is 11.3. The molecular formula is C18H15ClN2O. The quantitative estimate of drug-likeness (QED) is 0.403. The Hall–Kier alpha value is -2.39. The van der Waals surface area contributed by atoms with Crippen LogP contribution in [0.5, 0.6) is 0 Å². The number of nitrogens with zero attached hydrogens (tertiary/aromatic N) is 2. The van der Waals surface area contributed by atoms with Crippen LogP contribution in [0.4, 0.5) is 0 Å². The maximum absolute atomic E-state index is 12.3. The average molecular weight is 311 g/mol. The minimum Gasteiger partial charge on any atom is -0.289 e. The van der Waals surface area contributed by atoms with E-state index in [4.69, 9.17) is 11.6 Å². The molecule has 0 bridgehead atoms. The predicted octanol–water partition coefficient (Wildman–Crippen LogP) is 4.17. The third kappa shape index (κ3) is 3.26. The molecule has 0 amide bonds. The molecule has 1 heterocycles. The van der Waals surface area contributed by atoms with E-state index in [0.717, 1.165) is 16.3 Å². The van der Waals surface area contributed by atoms with Gasteiger partial charge in [-0.15, -0.1) is 11.6 Å². The van der Waals surface area contributed by atoms with Crippen LogP contribution in [-0.2, 0) is 6.54 Å². The molecule has 0 aliphatic rings. The van der Waals surface area contributed by atoms with Crippen LogP contribution in [0.3, 0.4) is 0 Å². The van der Waals surface area contributed by atoms with E-state index in [9.17, 15) is 4.79 Å². The summed E-state index contributed by atoms with van der Waals surface area (Å²) in [4.78, 5) is 12.3. The third-order valence-corrected chi connectivity index (χ3v) is 3.60. The first kappa shape index (κ1) is 14.5. The molecule has 0 radical (unpaired) electrons. The lowest BCUT2D eigenvalue weighted by atomic mass is 10.0. The highest BCUT2D eigenvalue weighted by Gasteiger charge is 2.03. The number of fused-ring (bicyclic) bond motifs is 1. The predicted molar refractivity (Wildman–Crippen MR) is 90.3 cm³/mol. The van der Waals surface area contributed by atoms with Crippen molar-refractivity contribution < 1.29 is 4.79 Å². The van der Waals surface area contributed by atoms with Crippen molar-refractivity contribution in [3.63, 3.8) is 0 Å². The number of halogens is 1. The van der Waals surface area contributed by atoms with Gasteiger partial charge in [-0.3, -0.25) is 9.48 Å². The molecule has 4 heteroatoms. The molecule has 22 heavy (non-hydrogen) atoms. The number of benzene rings is 2. The Balaban J connectivity index is 1.78. The second-order valence-corrected chi connectivity index (χ2v) is 5.36. The first-order chi connectivity index (χ1) is 10.8. The smallest absolute Gasteiger partial charge is 0.185 e. The molecule has 3 nitrogen and oxygen atoms in total. The summed E-state index contributed by atoms with van der Waals surface area (Å²) in [6, 6.07) is 13.7. The van der Waals surface area contributed by atoms with E-state index in [-0.39, 0.29) is 5.78 Å². The van der Waals surface area contributed by atoms with Crippen molar-refractivity contribution in [1.82, 2.24) is 9.78 Å². The monoisotopic (exact) mass is 310 g/mol. The number of aromatic nitrogens is 2. The number of carbonyl (C=O) groups excluding carboxylic acids is 1. The maximum atomic E-state index is 12.3. The minimum absolute atomic E-state index is 0.0177. The highest BCUT2D eigenvalue weighted by Crippen LogP contribution is 2.16. The second kappa shape index (κ2) is 6.58. The molecule has 0 unspecified atom stereocenters. The summed E-state index contributed by atoms with van der Waals surface area (Å²) in [6.07, 6.45) is 6.94. The van der Waals surface area contributed by atoms with Crippen LogP contribution in [0.25, 0.3) is 16.8 Å². The number of carbonyl (C=O) groups is 1. The molecule has 0 aliphatic carbocycles. The Morgan fingerprint density at radius 1 is 1.18 bits per heavy atom. The van der Waals surface area contributed by atoms with Crippen LogP contribution >= 0.6 is 11.6 Å². The van der Waals surface area contributed by atoms with Crippen LogP contribution in [0.15, 0.2) is 60.9 Å². The van der Waals surface area contributed by atoms with Gasteiger partial charge in [0.1, 0.15) is 0 Å². The van der Waals surface area contributed by atoms with E-state index in [0.29, 0.717) is 18.0 Å². The molecule has 0 atom stereocenters. The van der Waals surface area contributed by atoms with Crippen molar-refractivity contribution >= 4 is 34.2 Å². The van der Waals surface area contributed by atoms with E-state index >= 15 is 0 Å². The molecule has 2 aromatic carbocycles. The van der Waals surface area contributed by atoms with Crippen molar-refractivity contribution in [2.45, 2.75) is 6.54 Å². The number of hydrogen-bond donors (Lipinski definition) is 0. The molecule has 0 saturated heterocycles. The van der Waals surface area contributed by atoms with E-state index < -0.39 is 0 Å². The van der Waals surface area contributed by atoms with Crippen molar-refractivity contribution in [3.05, 3.63) is 72.1 Å². The topological polar surface area (TPSA) is 34.9 Å². The summed E-state index contributed by atoms with van der Waals surface area (Å²) in [5.41, 5.74) is 1.57. The van der Waals surface area contributed by atoms with Gasteiger partial charge >= 0.3 is 0 Å². The summed E-state index contributed by atoms with van der Waals surface area (Å²) in [6.45, 7) is 0.661. The lowest BCUT2D eigenvalue weighted by Crippen LogP contribution is -1.98. The van der Waals surface area contributed by atoms with Gasteiger partial charge in [0.05, 0.1) is 12.7 Å². The van der Waals surface area contributed by atoms with Gasteiger partial charge in [-0.2, -0.15) is 5.10 Å². The SMILES string of the molecule is O=C(/C=C/c1cnn(CCCl)c1)c1ccc2ccccc2c1. The first-order valence-corrected chi connectivity index (χ1v) is 7.59. The number of hydrogen-bond acceptors (Lipinski definition) is 2. The second-order valence-electron chi connectivity index (χ2n) is 4.99. The van der Waals surface area contributed by atoms with E-state index in [1.165, 1.54) is 0 Å². The van der Waals surface area contributed by atoms with Gasteiger partial charge in [-0.25, -0.2) is 0 Å². The van der Waals surface area contributed by atoms with Crippen LogP contribution in [0.2, 0.25) is 0 Å². The van der Waals surface area contributed by atoms with Gasteiger partial charge in [-0.05, 0) is 29.0 Å². The van der Waals surface area contributed by atoms with E-state index in [2.05, 4.69) is 5.10 Å². The van der Waals surface area contributed by atoms with Crippen molar-refractivity contribution in [3.8, 4) is 0 Å². The Morgan fingerprint density at radius 2 is 2.00 bits per heavy atom. The van der Waals surface area contributed by atoms with Gasteiger partial charge < -0.3 is 0 Å². The van der Waals surface area contributed by atoms with Crippen LogP contribution in [0, 0.1) is 0 Å². The van der Waals surface area contributed by atoms with Gasteiger partial charge in [0, 0.05) is 23.2 Å². The maximum Gasteiger partial charge on any atom is 0.185 e. The van der Waals surface area contributed by atoms with E-state index in [1.54, 1.807) is 23.0 Å². The Bertz CT molecular complexity index is 836. The number of alkyl halides is 1. The molecule has 0 fully saturated rings. The number of rotatable bonds is 5. The highest BCUT2D eigenvalue weighted by molar-refractivity contribution is 6.17. The molecule has 3 rings (SSSR count). The summed E-state index contributed by atoms with van der Waals surface area (Å²) < 4.78 is 1.76. The van der Waals surface area contributed by atoms with Crippen molar-refractivity contribution in [2.24, 2.45) is 0 Å². The largest absolute Gasteiger partial charge is 0.289 e. The fourth-order valence-corrected chi connectivity index (χ4v) is 2.46. The fourth-order valence-electron chi connectivity index (χ4n) is 2.29. The Morgan fingerprint density at radius 3 is 2.82 bits per heavy atom. The number of aryl methyl sites for hydroxylation is 1. The molecule has 0 N–H and O–H groups in total. The molecule has 0 spiro atoms. The third-order valence-electron chi connectivity index (χ3n) is 3.43. The lowest BCUT2D eigenvalue weighted by molar-refractivity contribution is 0.104. The van der Waals surface area contributed by atoms with Crippen LogP contribution in [-0.4, -0.2) is 21.4 Å². The zero-order valence-electron chi connectivity index (χ0n) is 11.9. The molecule has 0 aliphatic heterocycles. The molecular weight excluding hydrogens is 296 g/mol. The van der Waals surface area contributed by atoms with Gasteiger partial charge in [0.2, 0.25) is 0 Å². The molecule has 0 saturated carbocycles. The fraction of sp³-hybridized carbons (Fsp3) is 0.111. The van der Waals surface area contributed by atoms with Gasteiger partial charge in [0.15, 0.2) is 5.78 Å². The molecule has 1 aromatic heterocycles. The van der Waals surface area contributed by atoms with Crippen LogP contribution < -0.4 is 0 Å². The Kier molecular flexibility index (Phi) is 4.35. The summed E-state index contributed by atoms with van der Waals surface area (Å²) in [5.74, 6) is 0.497. The highest BCUT2D eigenvalue weighted by atomic mass is 35.5. The molecule has 110 valence electrons. The first-order valence-electron chi connectivity index (χ1n) is 7.06. The Labute approximate surface area is 133 Å². The lowest BCUT2D eigenvalue weighted by Gasteiger charge is -2.00. The van der Waals surface area contributed by atoms with Crippen molar-refractivity contribution in [1.29, 1.82) is 0 Å².